The van der Waals surface area contributed by atoms with E-state index in [-0.39, 0.29) is 11.7 Å². The van der Waals surface area contributed by atoms with Gasteiger partial charge in [0.1, 0.15) is 17.6 Å². The molecule has 1 amide bonds. The normalized spacial score (nSPS) is 18.4. The Morgan fingerprint density at radius 3 is 2.54 bits per heavy atom. The lowest BCUT2D eigenvalue weighted by Gasteiger charge is -2.29. The first-order valence-corrected chi connectivity index (χ1v) is 13.3. The van der Waals surface area contributed by atoms with E-state index in [0.717, 1.165) is 58.7 Å². The molecule has 0 bridgehead atoms. The average molecular weight is 524 g/mol. The van der Waals surface area contributed by atoms with Crippen molar-refractivity contribution in [3.63, 3.8) is 0 Å². The number of carbonyl (C=O) groups excluding carboxylic acids is 3. The van der Waals surface area contributed by atoms with E-state index in [1.54, 1.807) is 4.90 Å². The van der Waals surface area contributed by atoms with Crippen molar-refractivity contribution in [2.45, 2.75) is 52.1 Å². The van der Waals surface area contributed by atoms with Gasteiger partial charge in [-0.05, 0) is 35.2 Å². The number of nitrogens with one attached hydrogen (secondary N) is 1. The molecule has 10 heteroatoms. The van der Waals surface area contributed by atoms with Crippen molar-refractivity contribution in [1.29, 1.82) is 0 Å². The zero-order valence-corrected chi connectivity index (χ0v) is 21.9. The molecule has 2 atom stereocenters. The highest BCUT2D eigenvalue weighted by molar-refractivity contribution is 6.24. The average Bonchev–Trinajstić information content (AvgIpc) is 3.65. The van der Waals surface area contributed by atoms with E-state index in [9.17, 15) is 14.4 Å². The number of ketones is 2. The predicted octanol–water partition coefficient (Wildman–Crippen LogP) is 3.33. The van der Waals surface area contributed by atoms with E-state index in [0.29, 0.717) is 25.3 Å². The van der Waals surface area contributed by atoms with Gasteiger partial charge in [-0.15, -0.1) is 10.2 Å². The van der Waals surface area contributed by atoms with Crippen LogP contribution in [0, 0.1) is 5.92 Å². The summed E-state index contributed by atoms with van der Waals surface area (Å²) < 4.78 is 2.11. The summed E-state index contributed by atoms with van der Waals surface area (Å²) in [6.07, 6.45) is 3.35. The van der Waals surface area contributed by atoms with Gasteiger partial charge in [0.15, 0.2) is 11.7 Å². The summed E-state index contributed by atoms with van der Waals surface area (Å²) in [6, 6.07) is 15.4. The zero-order valence-electron chi connectivity index (χ0n) is 21.9. The first kappa shape index (κ1) is 24.8. The van der Waals surface area contributed by atoms with E-state index >= 15 is 0 Å². The smallest absolute Gasteiger partial charge is 0.241 e. The summed E-state index contributed by atoms with van der Waals surface area (Å²) in [5.74, 6) is -0.858. The molecule has 0 saturated carbocycles. The summed E-state index contributed by atoms with van der Waals surface area (Å²) in [4.78, 5) is 45.1. The minimum Gasteiger partial charge on any atom is -0.325 e. The zero-order chi connectivity index (χ0) is 27.1. The minimum absolute atomic E-state index is 0.329. The van der Waals surface area contributed by atoms with Crippen molar-refractivity contribution in [3.8, 4) is 22.5 Å². The Labute approximate surface area is 225 Å². The Morgan fingerprint density at radius 1 is 1.08 bits per heavy atom. The van der Waals surface area contributed by atoms with Crippen LogP contribution >= 0.6 is 0 Å². The summed E-state index contributed by atoms with van der Waals surface area (Å²) in [6.45, 7) is 4.38. The molecule has 4 heterocycles. The van der Waals surface area contributed by atoms with E-state index < -0.39 is 17.7 Å². The number of H-pyrrole nitrogens is 1. The third-order valence-electron chi connectivity index (χ3n) is 7.69. The lowest BCUT2D eigenvalue weighted by Crippen LogP contribution is -2.37. The van der Waals surface area contributed by atoms with Crippen molar-refractivity contribution < 1.29 is 14.4 Å². The molecule has 4 aromatic rings. The number of unbranched alkanes of at least 4 members (excludes halogenated alkanes) is 1. The van der Waals surface area contributed by atoms with Gasteiger partial charge in [-0.3, -0.25) is 14.4 Å². The first-order chi connectivity index (χ1) is 19.0. The Kier molecular flexibility index (Phi) is 6.38. The van der Waals surface area contributed by atoms with E-state index in [1.165, 1.54) is 6.92 Å². The number of benzene rings is 2. The number of Topliss-reactive ketones (excluding diaryl/α,β-unsaturated/α-hetero) is 2. The second kappa shape index (κ2) is 10.0. The molecular weight excluding hydrogens is 494 g/mol. The number of amides is 1. The fourth-order valence-electron chi connectivity index (χ4n) is 5.79. The van der Waals surface area contributed by atoms with Crippen LogP contribution in [0.15, 0.2) is 48.5 Å². The van der Waals surface area contributed by atoms with Crippen LogP contribution in [0.3, 0.4) is 0 Å². The maximum absolute atomic E-state index is 13.4. The van der Waals surface area contributed by atoms with Crippen LogP contribution in [-0.2, 0) is 33.8 Å². The van der Waals surface area contributed by atoms with Gasteiger partial charge in [-0.25, -0.2) is 4.98 Å². The maximum atomic E-state index is 13.4. The molecule has 6 rings (SSSR count). The largest absolute Gasteiger partial charge is 0.325 e. The SMILES string of the molecule is CCCCc1nc2c(n1Cc1ccc(-c3ccccc3-c3nn[nH]n3)cc1)C1C(=O)C(C(C)=O)C(=O)N1CC2. The van der Waals surface area contributed by atoms with Crippen LogP contribution in [0.25, 0.3) is 22.5 Å². The highest BCUT2D eigenvalue weighted by Gasteiger charge is 2.53. The van der Waals surface area contributed by atoms with Crippen LogP contribution in [0.1, 0.15) is 55.5 Å². The second-order valence-electron chi connectivity index (χ2n) is 10.2. The van der Waals surface area contributed by atoms with Crippen molar-refractivity contribution in [2.75, 3.05) is 6.54 Å². The number of hydrogen-bond donors (Lipinski definition) is 1. The van der Waals surface area contributed by atoms with Gasteiger partial charge >= 0.3 is 0 Å². The molecule has 2 aliphatic heterocycles. The molecule has 0 radical (unpaired) electrons. The fraction of sp³-hybridized carbons (Fsp3) is 0.345. The standard InChI is InChI=1S/C29H29N7O3/c1-3-4-9-23-30-22-14-15-35-26(27(38)24(17(2)37)29(35)39)25(22)36(23)16-18-10-12-19(13-11-18)20-7-5-6-8-21(20)28-31-33-34-32-28/h5-8,10-13,24,26H,3-4,9,14-16H2,1-2H3,(H,31,32,33,34). The number of aryl methyl sites for hydroxylation is 1. The highest BCUT2D eigenvalue weighted by Crippen LogP contribution is 2.40. The van der Waals surface area contributed by atoms with Crippen molar-refractivity contribution >= 4 is 17.5 Å². The molecule has 0 aliphatic carbocycles. The quantitative estimate of drug-likeness (QED) is 0.351. The first-order valence-electron chi connectivity index (χ1n) is 13.3. The van der Waals surface area contributed by atoms with Gasteiger partial charge in [0.05, 0.1) is 11.4 Å². The third-order valence-corrected chi connectivity index (χ3v) is 7.69. The molecule has 10 nitrogen and oxygen atoms in total. The summed E-state index contributed by atoms with van der Waals surface area (Å²) in [5, 5.41) is 14.5. The molecule has 198 valence electrons. The number of hydrogen-bond acceptors (Lipinski definition) is 7. The molecule has 0 spiro atoms. The minimum atomic E-state index is -1.21. The number of imidazole rings is 1. The molecule has 2 aliphatic rings. The third kappa shape index (κ3) is 4.25. The fourth-order valence-corrected chi connectivity index (χ4v) is 5.79. The summed E-state index contributed by atoms with van der Waals surface area (Å²) in [7, 11) is 0. The number of fused-ring (bicyclic) bond motifs is 3. The van der Waals surface area contributed by atoms with Crippen molar-refractivity contribution in [1.82, 2.24) is 35.1 Å². The van der Waals surface area contributed by atoms with Crippen molar-refractivity contribution in [2.24, 2.45) is 5.92 Å². The second-order valence-corrected chi connectivity index (χ2v) is 10.2. The Bertz CT molecular complexity index is 1560. The lowest BCUT2D eigenvalue weighted by molar-refractivity contribution is -0.138. The molecule has 2 unspecified atom stereocenters. The van der Waals surface area contributed by atoms with E-state index in [1.807, 2.05) is 24.3 Å². The summed E-state index contributed by atoms with van der Waals surface area (Å²) in [5.41, 5.74) is 5.57. The van der Waals surface area contributed by atoms with Gasteiger partial charge in [0.25, 0.3) is 0 Å². The van der Waals surface area contributed by atoms with E-state index in [4.69, 9.17) is 4.98 Å². The molecule has 1 saturated heterocycles. The monoisotopic (exact) mass is 523 g/mol. The highest BCUT2D eigenvalue weighted by atomic mass is 16.2. The van der Waals surface area contributed by atoms with Crippen LogP contribution in [0.5, 0.6) is 0 Å². The molecular formula is C29H29N7O3. The van der Waals surface area contributed by atoms with Crippen LogP contribution in [0.2, 0.25) is 0 Å². The number of rotatable bonds is 8. The molecule has 1 N–H and O–H groups in total. The number of aromatic nitrogens is 6. The Hall–Kier alpha value is -4.47. The number of nitrogens with zero attached hydrogens (tertiary/aromatic N) is 6. The summed E-state index contributed by atoms with van der Waals surface area (Å²) >= 11 is 0. The van der Waals surface area contributed by atoms with Gasteiger partial charge in [0, 0.05) is 31.5 Å². The Morgan fingerprint density at radius 2 is 1.85 bits per heavy atom. The molecule has 2 aromatic carbocycles. The molecule has 1 fully saturated rings. The van der Waals surface area contributed by atoms with Gasteiger partial charge in [-0.1, -0.05) is 61.9 Å². The maximum Gasteiger partial charge on any atom is 0.241 e. The van der Waals surface area contributed by atoms with E-state index in [2.05, 4.69) is 56.4 Å². The number of tetrazole rings is 1. The van der Waals surface area contributed by atoms with Crippen molar-refractivity contribution in [3.05, 3.63) is 71.3 Å². The van der Waals surface area contributed by atoms with Crippen LogP contribution in [0.4, 0.5) is 0 Å². The van der Waals surface area contributed by atoms with Gasteiger partial charge < -0.3 is 9.47 Å². The number of aromatic amines is 1. The predicted molar refractivity (Wildman–Crippen MR) is 142 cm³/mol. The van der Waals surface area contributed by atoms with Gasteiger partial charge in [0.2, 0.25) is 11.7 Å². The van der Waals surface area contributed by atoms with Gasteiger partial charge in [-0.2, -0.15) is 5.21 Å². The number of carbonyl (C=O) groups is 3. The Balaban J connectivity index is 1.36. The molecule has 39 heavy (non-hydrogen) atoms. The lowest BCUT2D eigenvalue weighted by atomic mass is 9.95. The molecule has 2 aromatic heterocycles. The van der Waals surface area contributed by atoms with Crippen LogP contribution in [-0.4, -0.2) is 59.1 Å². The van der Waals surface area contributed by atoms with Crippen LogP contribution < -0.4 is 0 Å². The topological polar surface area (TPSA) is 127 Å².